The van der Waals surface area contributed by atoms with Crippen LogP contribution in [0.2, 0.25) is 0 Å². The van der Waals surface area contributed by atoms with Crippen LogP contribution < -0.4 is 5.32 Å². The largest absolute Gasteiger partial charge is 0.508 e. The zero-order chi connectivity index (χ0) is 14.7. The molecule has 0 aliphatic rings. The Morgan fingerprint density at radius 1 is 1.25 bits per heavy atom. The summed E-state index contributed by atoms with van der Waals surface area (Å²) in [4.78, 5) is 10.6. The van der Waals surface area contributed by atoms with Gasteiger partial charge in [-0.3, -0.25) is 10.1 Å². The third-order valence-corrected chi connectivity index (χ3v) is 3.12. The van der Waals surface area contributed by atoms with Crippen LogP contribution >= 0.6 is 0 Å². The molecule has 0 aliphatic carbocycles. The number of anilines is 1. The fourth-order valence-electron chi connectivity index (χ4n) is 2.09. The molecule has 0 bridgehead atoms. The van der Waals surface area contributed by atoms with Gasteiger partial charge in [0.1, 0.15) is 11.4 Å². The number of nitrogens with one attached hydrogen (secondary N) is 1. The first-order chi connectivity index (χ1) is 9.49. The lowest BCUT2D eigenvalue weighted by Crippen LogP contribution is -2.08. The third kappa shape index (κ3) is 2.88. The Hall–Kier alpha value is -2.56. The fourth-order valence-corrected chi connectivity index (χ4v) is 2.09. The second kappa shape index (κ2) is 5.61. The molecule has 2 aromatic carbocycles. The highest BCUT2D eigenvalue weighted by atomic mass is 16.6. The molecule has 0 amide bonds. The number of phenols is 1. The number of nitro benzene ring substituents is 1. The maximum absolute atomic E-state index is 11.0. The van der Waals surface area contributed by atoms with E-state index in [1.807, 2.05) is 26.0 Å². The average Bonchev–Trinajstić information content (AvgIpc) is 2.41. The van der Waals surface area contributed by atoms with E-state index in [1.165, 1.54) is 6.07 Å². The maximum Gasteiger partial charge on any atom is 0.292 e. The van der Waals surface area contributed by atoms with Gasteiger partial charge >= 0.3 is 0 Å². The summed E-state index contributed by atoms with van der Waals surface area (Å²) in [6, 6.07) is 11.5. The highest BCUT2D eigenvalue weighted by Gasteiger charge is 2.16. The standard InChI is InChI=1S/C15H16N2O3/c1-10-7-8-15(18)12(9-10)11(2)16-13-5-3-4-6-14(13)17(19)20/h3-9,11,16,18H,1-2H3. The summed E-state index contributed by atoms with van der Waals surface area (Å²) in [5.41, 5.74) is 2.19. The minimum Gasteiger partial charge on any atom is -0.508 e. The summed E-state index contributed by atoms with van der Waals surface area (Å²) < 4.78 is 0. The van der Waals surface area contributed by atoms with Gasteiger partial charge in [0.2, 0.25) is 0 Å². The molecule has 5 heteroatoms. The van der Waals surface area contributed by atoms with Crippen molar-refractivity contribution in [2.45, 2.75) is 19.9 Å². The molecular weight excluding hydrogens is 256 g/mol. The van der Waals surface area contributed by atoms with Crippen molar-refractivity contribution in [2.24, 2.45) is 0 Å². The molecule has 5 nitrogen and oxygen atoms in total. The van der Waals surface area contributed by atoms with Gasteiger partial charge in [-0.2, -0.15) is 0 Å². The normalized spacial score (nSPS) is 11.9. The number of rotatable bonds is 4. The number of nitrogens with zero attached hydrogens (tertiary/aromatic N) is 1. The second-order valence-corrected chi connectivity index (χ2v) is 4.70. The quantitative estimate of drug-likeness (QED) is 0.656. The minimum atomic E-state index is -0.425. The monoisotopic (exact) mass is 272 g/mol. The number of nitro groups is 1. The van der Waals surface area contributed by atoms with Crippen LogP contribution in [0.3, 0.4) is 0 Å². The van der Waals surface area contributed by atoms with Gasteiger partial charge in [0.25, 0.3) is 5.69 Å². The summed E-state index contributed by atoms with van der Waals surface area (Å²) in [7, 11) is 0. The van der Waals surface area contributed by atoms with Gasteiger partial charge in [-0.05, 0) is 26.0 Å². The van der Waals surface area contributed by atoms with E-state index in [2.05, 4.69) is 5.32 Å². The first-order valence-corrected chi connectivity index (χ1v) is 6.28. The predicted octanol–water partition coefficient (Wildman–Crippen LogP) is 3.78. The van der Waals surface area contributed by atoms with E-state index < -0.39 is 4.92 Å². The number of para-hydroxylation sites is 2. The molecule has 2 rings (SSSR count). The second-order valence-electron chi connectivity index (χ2n) is 4.70. The third-order valence-electron chi connectivity index (χ3n) is 3.12. The van der Waals surface area contributed by atoms with E-state index in [-0.39, 0.29) is 17.5 Å². The van der Waals surface area contributed by atoms with Crippen molar-refractivity contribution in [3.63, 3.8) is 0 Å². The van der Waals surface area contributed by atoms with E-state index in [4.69, 9.17) is 0 Å². The van der Waals surface area contributed by atoms with Crippen LogP contribution in [0.1, 0.15) is 24.1 Å². The molecule has 2 aromatic rings. The molecule has 104 valence electrons. The van der Waals surface area contributed by atoms with Crippen LogP contribution in [-0.4, -0.2) is 10.0 Å². The van der Waals surface area contributed by atoms with Gasteiger partial charge in [0.05, 0.1) is 11.0 Å². The molecule has 0 saturated carbocycles. The van der Waals surface area contributed by atoms with Crippen LogP contribution in [0.15, 0.2) is 42.5 Å². The van der Waals surface area contributed by atoms with Gasteiger partial charge in [0, 0.05) is 11.6 Å². The van der Waals surface area contributed by atoms with Crippen molar-refractivity contribution in [1.29, 1.82) is 0 Å². The van der Waals surface area contributed by atoms with Crippen LogP contribution in [0.25, 0.3) is 0 Å². The van der Waals surface area contributed by atoms with Crippen molar-refractivity contribution < 1.29 is 10.0 Å². The zero-order valence-electron chi connectivity index (χ0n) is 11.3. The highest BCUT2D eigenvalue weighted by molar-refractivity contribution is 5.62. The van der Waals surface area contributed by atoms with Crippen LogP contribution in [0.4, 0.5) is 11.4 Å². The van der Waals surface area contributed by atoms with Gasteiger partial charge in [-0.1, -0.05) is 29.8 Å². The maximum atomic E-state index is 11.0. The summed E-state index contributed by atoms with van der Waals surface area (Å²) in [6.45, 7) is 3.78. The Morgan fingerprint density at radius 3 is 2.65 bits per heavy atom. The summed E-state index contributed by atoms with van der Waals surface area (Å²) >= 11 is 0. The lowest BCUT2D eigenvalue weighted by atomic mass is 10.0. The number of hydrogen-bond donors (Lipinski definition) is 2. The first kappa shape index (κ1) is 13.9. The highest BCUT2D eigenvalue weighted by Crippen LogP contribution is 2.31. The number of benzene rings is 2. The van der Waals surface area contributed by atoms with Crippen LogP contribution in [0.5, 0.6) is 5.75 Å². The Balaban J connectivity index is 2.30. The molecular formula is C15H16N2O3. The zero-order valence-corrected chi connectivity index (χ0v) is 11.3. The van der Waals surface area contributed by atoms with E-state index in [1.54, 1.807) is 24.3 Å². The molecule has 1 atom stereocenters. The topological polar surface area (TPSA) is 75.4 Å². The number of aryl methyl sites for hydroxylation is 1. The minimum absolute atomic E-state index is 0.0199. The molecule has 1 unspecified atom stereocenters. The van der Waals surface area contributed by atoms with E-state index >= 15 is 0 Å². The van der Waals surface area contributed by atoms with Crippen molar-refractivity contribution in [1.82, 2.24) is 0 Å². The summed E-state index contributed by atoms with van der Waals surface area (Å²) in [5, 5.41) is 23.9. The van der Waals surface area contributed by atoms with E-state index in [0.717, 1.165) is 5.56 Å². The molecule has 0 heterocycles. The molecule has 2 N–H and O–H groups in total. The SMILES string of the molecule is Cc1ccc(O)c(C(C)Nc2ccccc2[N+](=O)[O-])c1. The van der Waals surface area contributed by atoms with Crippen molar-refractivity contribution in [2.75, 3.05) is 5.32 Å². The van der Waals surface area contributed by atoms with E-state index in [9.17, 15) is 15.2 Å². The molecule has 0 radical (unpaired) electrons. The molecule has 20 heavy (non-hydrogen) atoms. The summed E-state index contributed by atoms with van der Waals surface area (Å²) in [5.74, 6) is 0.175. The summed E-state index contributed by atoms with van der Waals surface area (Å²) in [6.07, 6.45) is 0. The number of aromatic hydroxyl groups is 1. The van der Waals surface area contributed by atoms with Gasteiger partial charge < -0.3 is 10.4 Å². The lowest BCUT2D eigenvalue weighted by molar-refractivity contribution is -0.384. The van der Waals surface area contributed by atoms with Crippen molar-refractivity contribution >= 4 is 11.4 Å². The van der Waals surface area contributed by atoms with E-state index in [0.29, 0.717) is 11.3 Å². The van der Waals surface area contributed by atoms with Crippen molar-refractivity contribution in [3.8, 4) is 5.75 Å². The Bertz CT molecular complexity index is 641. The smallest absolute Gasteiger partial charge is 0.292 e. The lowest BCUT2D eigenvalue weighted by Gasteiger charge is -2.17. The Labute approximate surface area is 117 Å². The first-order valence-electron chi connectivity index (χ1n) is 6.28. The molecule has 0 spiro atoms. The van der Waals surface area contributed by atoms with Crippen LogP contribution in [0, 0.1) is 17.0 Å². The fraction of sp³-hybridized carbons (Fsp3) is 0.200. The molecule has 0 aromatic heterocycles. The van der Waals surface area contributed by atoms with Gasteiger partial charge in [-0.25, -0.2) is 0 Å². The molecule has 0 saturated heterocycles. The van der Waals surface area contributed by atoms with Gasteiger partial charge in [-0.15, -0.1) is 0 Å². The van der Waals surface area contributed by atoms with Gasteiger partial charge in [0.15, 0.2) is 0 Å². The van der Waals surface area contributed by atoms with Crippen LogP contribution in [-0.2, 0) is 0 Å². The Kier molecular flexibility index (Phi) is 3.89. The predicted molar refractivity (Wildman–Crippen MR) is 78.0 cm³/mol. The van der Waals surface area contributed by atoms with Crippen molar-refractivity contribution in [3.05, 3.63) is 63.7 Å². The molecule has 0 fully saturated rings. The Morgan fingerprint density at radius 2 is 1.95 bits per heavy atom. The number of hydrogen-bond acceptors (Lipinski definition) is 4. The average molecular weight is 272 g/mol. The molecule has 0 aliphatic heterocycles. The number of phenolic OH excluding ortho intramolecular Hbond substituents is 1.